The molecule has 0 aliphatic heterocycles. The van der Waals surface area contributed by atoms with Crippen LogP contribution < -0.4 is 11.5 Å². The van der Waals surface area contributed by atoms with Crippen LogP contribution in [0, 0.1) is 29.6 Å². The molecule has 0 aromatic heterocycles. The standard InChI is InChI=1S/C14H26O4.C12H26.C10H22.C8H20N2.C8H18.2C2H4.CH4/c1-4-12(9-11-18-14(16)6-3)8-7-10-17-13(15)5-2;1-4-7-10-12(9-6-3)11-8-5-2;1-4-7-9-10(6-3)8-5-2;1-2-8(5-7-10)4-3-6-9;1-4-7-8(5-2)6-3;2*1-2;/h12H,4-11H2,1-3H3;12H,4-11H2,1-3H3;10H,4-9H2,1-3H3;8H,2-7,9-10H2,1H3;8H,4-7H2,1-3H3;2*1-2H2;1H4. The molecule has 63 heavy (non-hydrogen) atoms. The van der Waals surface area contributed by atoms with Gasteiger partial charge in [-0.05, 0) is 81.2 Å². The fraction of sp³-hybridized carbons (Fsp3) is 0.895. The Morgan fingerprint density at radius 3 is 1.02 bits per heavy atom. The van der Waals surface area contributed by atoms with Gasteiger partial charge in [-0.25, -0.2) is 0 Å². The van der Waals surface area contributed by atoms with Crippen LogP contribution in [-0.4, -0.2) is 38.2 Å². The Morgan fingerprint density at radius 1 is 0.365 bits per heavy atom. The van der Waals surface area contributed by atoms with Gasteiger partial charge < -0.3 is 20.9 Å². The Hall–Kier alpha value is -1.66. The third kappa shape index (κ3) is 72.2. The van der Waals surface area contributed by atoms with E-state index in [-0.39, 0.29) is 19.4 Å². The van der Waals surface area contributed by atoms with Crippen LogP contribution in [0.15, 0.2) is 26.3 Å². The van der Waals surface area contributed by atoms with E-state index in [2.05, 4.69) is 102 Å². The van der Waals surface area contributed by atoms with Crippen molar-refractivity contribution in [3.05, 3.63) is 26.3 Å². The number of carbonyl (C=O) groups excluding carboxylic acids is 2. The maximum Gasteiger partial charge on any atom is 0.305 e. The van der Waals surface area contributed by atoms with Crippen LogP contribution in [0.2, 0.25) is 0 Å². The number of rotatable bonds is 34. The number of nitrogens with two attached hydrogens (primary N) is 2. The average molecular weight is 902 g/mol. The molecule has 0 bridgehead atoms. The first kappa shape index (κ1) is 78.5. The molecule has 0 amide bonds. The first-order valence-corrected chi connectivity index (χ1v) is 26.7. The van der Waals surface area contributed by atoms with E-state index in [1.54, 1.807) is 13.8 Å². The summed E-state index contributed by atoms with van der Waals surface area (Å²) < 4.78 is 10.1. The monoisotopic (exact) mass is 901 g/mol. The first-order valence-electron chi connectivity index (χ1n) is 26.7. The lowest BCUT2D eigenvalue weighted by molar-refractivity contribution is -0.144. The van der Waals surface area contributed by atoms with E-state index < -0.39 is 0 Å². The van der Waals surface area contributed by atoms with Gasteiger partial charge in [0.1, 0.15) is 0 Å². The Balaban J connectivity index is -0.000000100. The Kier molecular flexibility index (Phi) is 93.0. The van der Waals surface area contributed by atoms with Gasteiger partial charge >= 0.3 is 11.9 Å². The number of esters is 2. The molecule has 6 heteroatoms. The molecular weight excluding hydrogens is 777 g/mol. The van der Waals surface area contributed by atoms with Crippen LogP contribution in [0.25, 0.3) is 0 Å². The molecular formula is C57H124N2O4. The highest BCUT2D eigenvalue weighted by molar-refractivity contribution is 5.69. The van der Waals surface area contributed by atoms with Crippen molar-refractivity contribution in [3.8, 4) is 0 Å². The average Bonchev–Trinajstić information content (AvgIpc) is 3.31. The molecule has 3 unspecified atom stereocenters. The first-order chi connectivity index (χ1) is 30.0. The lowest BCUT2D eigenvalue weighted by atomic mass is 9.92. The number of unbranched alkanes of at least 4 members (excludes halogenated alkanes) is 3. The maximum atomic E-state index is 11.0. The zero-order valence-electron chi connectivity index (χ0n) is 45.1. The second-order valence-corrected chi connectivity index (χ2v) is 16.8. The number of carbonyl (C=O) groups is 2. The van der Waals surface area contributed by atoms with Crippen molar-refractivity contribution >= 4 is 11.9 Å². The molecule has 0 aliphatic rings. The number of ether oxygens (including phenoxy) is 2. The molecule has 0 aromatic rings. The quantitative estimate of drug-likeness (QED) is 0.0379. The van der Waals surface area contributed by atoms with Crippen molar-refractivity contribution in [3.63, 3.8) is 0 Å². The van der Waals surface area contributed by atoms with Gasteiger partial charge in [0.15, 0.2) is 0 Å². The third-order valence-electron chi connectivity index (χ3n) is 11.7. The van der Waals surface area contributed by atoms with E-state index in [4.69, 9.17) is 20.9 Å². The van der Waals surface area contributed by atoms with Gasteiger partial charge in [-0.3, -0.25) is 9.59 Å². The lowest BCUT2D eigenvalue weighted by Gasteiger charge is -2.14. The van der Waals surface area contributed by atoms with E-state index in [0.29, 0.717) is 32.0 Å². The molecule has 0 aliphatic carbocycles. The summed E-state index contributed by atoms with van der Waals surface area (Å²) in [7, 11) is 0. The summed E-state index contributed by atoms with van der Waals surface area (Å²) in [5.74, 6) is 4.13. The van der Waals surface area contributed by atoms with Crippen molar-refractivity contribution in [2.24, 2.45) is 41.1 Å². The molecule has 3 atom stereocenters. The Bertz CT molecular complexity index is 747. The Morgan fingerprint density at radius 2 is 0.683 bits per heavy atom. The van der Waals surface area contributed by atoms with Gasteiger partial charge in [-0.2, -0.15) is 0 Å². The SMILES string of the molecule is C.C=C.C=C.CCC(=O)OCCCC(CC)CCOC(=O)CC.CCC(CCN)CCCN.CCCC(CC)CC.CCCCC(CC)CCC.CCCCC(CCC)CCCC. The van der Waals surface area contributed by atoms with E-state index in [0.717, 1.165) is 75.3 Å². The smallest absolute Gasteiger partial charge is 0.305 e. The minimum Gasteiger partial charge on any atom is -0.466 e. The minimum absolute atomic E-state index is 0. The molecule has 0 fully saturated rings. The fourth-order valence-electron chi connectivity index (χ4n) is 7.23. The van der Waals surface area contributed by atoms with Gasteiger partial charge in [0.25, 0.3) is 0 Å². The van der Waals surface area contributed by atoms with Crippen molar-refractivity contribution in [1.29, 1.82) is 0 Å². The third-order valence-corrected chi connectivity index (χ3v) is 11.7. The molecule has 386 valence electrons. The summed E-state index contributed by atoms with van der Waals surface area (Å²) in [6.45, 7) is 43.2. The second-order valence-electron chi connectivity index (χ2n) is 16.8. The van der Waals surface area contributed by atoms with Gasteiger partial charge in [0.2, 0.25) is 0 Å². The fourth-order valence-corrected chi connectivity index (χ4v) is 7.23. The summed E-state index contributed by atoms with van der Waals surface area (Å²) in [5, 5.41) is 0. The molecule has 4 N–H and O–H groups in total. The summed E-state index contributed by atoms with van der Waals surface area (Å²) in [5.41, 5.74) is 10.8. The normalized spacial score (nSPS) is 11.3. The molecule has 0 saturated heterocycles. The molecule has 0 heterocycles. The van der Waals surface area contributed by atoms with Crippen LogP contribution in [0.3, 0.4) is 0 Å². The molecule has 0 aromatic carbocycles. The van der Waals surface area contributed by atoms with E-state index in [9.17, 15) is 9.59 Å². The summed E-state index contributed by atoms with van der Waals surface area (Å²) in [6, 6.07) is 0. The predicted molar refractivity (Wildman–Crippen MR) is 290 cm³/mol. The highest BCUT2D eigenvalue weighted by Gasteiger charge is 2.09. The zero-order chi connectivity index (χ0) is 49.1. The highest BCUT2D eigenvalue weighted by atomic mass is 16.5. The Labute approximate surface area is 400 Å². The summed E-state index contributed by atoms with van der Waals surface area (Å²) in [6.07, 6.45) is 34.9. The van der Waals surface area contributed by atoms with Crippen molar-refractivity contribution in [1.82, 2.24) is 0 Å². The van der Waals surface area contributed by atoms with E-state index in [1.165, 1.54) is 128 Å². The van der Waals surface area contributed by atoms with Crippen LogP contribution >= 0.6 is 0 Å². The van der Waals surface area contributed by atoms with Crippen LogP contribution in [0.1, 0.15) is 277 Å². The van der Waals surface area contributed by atoms with Crippen LogP contribution in [0.4, 0.5) is 0 Å². The molecule has 6 nitrogen and oxygen atoms in total. The van der Waals surface area contributed by atoms with Crippen LogP contribution in [-0.2, 0) is 19.1 Å². The van der Waals surface area contributed by atoms with Crippen molar-refractivity contribution in [2.75, 3.05) is 26.3 Å². The van der Waals surface area contributed by atoms with Crippen LogP contribution in [0.5, 0.6) is 0 Å². The van der Waals surface area contributed by atoms with Gasteiger partial charge in [-0.15, -0.1) is 26.3 Å². The summed E-state index contributed by atoms with van der Waals surface area (Å²) >= 11 is 0. The number of hydrogen-bond acceptors (Lipinski definition) is 6. The maximum absolute atomic E-state index is 11.0. The molecule has 0 saturated carbocycles. The largest absolute Gasteiger partial charge is 0.466 e. The zero-order valence-corrected chi connectivity index (χ0v) is 45.1. The topological polar surface area (TPSA) is 105 Å². The summed E-state index contributed by atoms with van der Waals surface area (Å²) in [4.78, 5) is 21.9. The highest BCUT2D eigenvalue weighted by Crippen LogP contribution is 2.21. The van der Waals surface area contributed by atoms with Crippen molar-refractivity contribution < 1.29 is 19.1 Å². The van der Waals surface area contributed by atoms with Gasteiger partial charge in [-0.1, -0.05) is 226 Å². The molecule has 0 rings (SSSR count). The van der Waals surface area contributed by atoms with Crippen molar-refractivity contribution in [2.45, 2.75) is 277 Å². The predicted octanol–water partition coefficient (Wildman–Crippen LogP) is 18.4. The van der Waals surface area contributed by atoms with Gasteiger partial charge in [0, 0.05) is 12.8 Å². The molecule has 0 spiro atoms. The van der Waals surface area contributed by atoms with E-state index in [1.807, 2.05) is 0 Å². The minimum atomic E-state index is -0.139. The number of hydrogen-bond donors (Lipinski definition) is 2. The second kappa shape index (κ2) is 74.7. The van der Waals surface area contributed by atoms with E-state index >= 15 is 0 Å². The lowest BCUT2D eigenvalue weighted by Crippen LogP contribution is -2.10. The molecule has 0 radical (unpaired) electrons. The van der Waals surface area contributed by atoms with Gasteiger partial charge in [0.05, 0.1) is 13.2 Å².